The summed E-state index contributed by atoms with van der Waals surface area (Å²) in [5.41, 5.74) is 1.25. The van der Waals surface area contributed by atoms with Gasteiger partial charge in [-0.15, -0.1) is 12.4 Å². The fourth-order valence-corrected chi connectivity index (χ4v) is 3.51. The van der Waals surface area contributed by atoms with Crippen LogP contribution in [-0.4, -0.2) is 44.8 Å². The monoisotopic (exact) mass is 406 g/mol. The van der Waals surface area contributed by atoms with Crippen LogP contribution in [0.2, 0.25) is 0 Å². The number of rotatable bonds is 7. The average Bonchev–Trinajstić information content (AvgIpc) is 2.53. The molecule has 0 radical (unpaired) electrons. The van der Waals surface area contributed by atoms with Crippen LogP contribution in [-0.2, 0) is 6.54 Å². The van der Waals surface area contributed by atoms with E-state index in [0.717, 1.165) is 42.0 Å². The van der Waals surface area contributed by atoms with Gasteiger partial charge in [0.1, 0.15) is 0 Å². The first-order chi connectivity index (χ1) is 10.7. The van der Waals surface area contributed by atoms with Gasteiger partial charge in [0.15, 0.2) is 11.5 Å². The van der Waals surface area contributed by atoms with E-state index in [-0.39, 0.29) is 12.4 Å². The first kappa shape index (κ1) is 20.6. The van der Waals surface area contributed by atoms with Gasteiger partial charge in [0.25, 0.3) is 0 Å². The third-order valence-electron chi connectivity index (χ3n) is 4.06. The van der Waals surface area contributed by atoms with E-state index in [0.29, 0.717) is 12.6 Å². The number of methoxy groups -OCH3 is 1. The molecule has 1 atom stereocenters. The quantitative estimate of drug-likeness (QED) is 0.744. The Morgan fingerprint density at radius 1 is 1.39 bits per heavy atom. The van der Waals surface area contributed by atoms with Crippen molar-refractivity contribution in [1.29, 1.82) is 0 Å². The van der Waals surface area contributed by atoms with Gasteiger partial charge in [-0.1, -0.05) is 6.92 Å². The van der Waals surface area contributed by atoms with E-state index in [1.54, 1.807) is 7.11 Å². The summed E-state index contributed by atoms with van der Waals surface area (Å²) in [6, 6.07) is 4.85. The lowest BCUT2D eigenvalue weighted by Crippen LogP contribution is -2.43. The Labute approximate surface area is 154 Å². The van der Waals surface area contributed by atoms with Crippen LogP contribution in [0.4, 0.5) is 0 Å². The second-order valence-corrected chi connectivity index (χ2v) is 6.67. The number of likely N-dealkylation sites (tertiary alicyclic amines) is 1. The van der Waals surface area contributed by atoms with Crippen LogP contribution in [0, 0.1) is 0 Å². The van der Waals surface area contributed by atoms with E-state index in [1.165, 1.54) is 18.4 Å². The number of nitrogens with zero attached hydrogens (tertiary/aromatic N) is 1. The van der Waals surface area contributed by atoms with Crippen molar-refractivity contribution in [3.8, 4) is 11.5 Å². The fourth-order valence-electron chi connectivity index (χ4n) is 2.90. The maximum Gasteiger partial charge on any atom is 0.175 e. The van der Waals surface area contributed by atoms with E-state index in [1.807, 2.05) is 7.05 Å². The Morgan fingerprint density at radius 3 is 2.83 bits per heavy atom. The van der Waals surface area contributed by atoms with Crippen LogP contribution in [0.3, 0.4) is 0 Å². The number of ether oxygens (including phenoxy) is 2. The van der Waals surface area contributed by atoms with Gasteiger partial charge in [-0.3, -0.25) is 4.90 Å². The Hall–Kier alpha value is -0.490. The minimum absolute atomic E-state index is 0. The maximum atomic E-state index is 5.79. The lowest BCUT2D eigenvalue weighted by molar-refractivity contribution is 0.187. The van der Waals surface area contributed by atoms with Crippen LogP contribution < -0.4 is 14.8 Å². The van der Waals surface area contributed by atoms with Crippen LogP contribution in [0.15, 0.2) is 16.6 Å². The maximum absolute atomic E-state index is 5.79. The van der Waals surface area contributed by atoms with Crippen molar-refractivity contribution in [2.75, 3.05) is 33.9 Å². The zero-order valence-corrected chi connectivity index (χ0v) is 16.6. The van der Waals surface area contributed by atoms with Gasteiger partial charge >= 0.3 is 0 Å². The molecular weight excluding hydrogens is 380 g/mol. The van der Waals surface area contributed by atoms with Gasteiger partial charge in [-0.25, -0.2) is 0 Å². The smallest absolute Gasteiger partial charge is 0.175 e. The first-order valence-corrected chi connectivity index (χ1v) is 8.86. The molecule has 6 heteroatoms. The van der Waals surface area contributed by atoms with E-state index in [9.17, 15) is 0 Å². The molecule has 1 heterocycles. The third-order valence-corrected chi connectivity index (χ3v) is 4.65. The first-order valence-electron chi connectivity index (χ1n) is 8.06. The third kappa shape index (κ3) is 5.82. The van der Waals surface area contributed by atoms with Crippen molar-refractivity contribution >= 4 is 28.3 Å². The van der Waals surface area contributed by atoms with Crippen molar-refractivity contribution in [1.82, 2.24) is 10.2 Å². The zero-order chi connectivity index (χ0) is 15.9. The van der Waals surface area contributed by atoms with Crippen molar-refractivity contribution in [2.24, 2.45) is 0 Å². The molecule has 1 aliphatic rings. The molecule has 1 unspecified atom stereocenters. The Bertz CT molecular complexity index is 488. The van der Waals surface area contributed by atoms with Crippen LogP contribution in [0.5, 0.6) is 11.5 Å². The van der Waals surface area contributed by atoms with Crippen LogP contribution >= 0.6 is 28.3 Å². The molecule has 0 bridgehead atoms. The van der Waals surface area contributed by atoms with E-state index in [2.05, 4.69) is 45.2 Å². The fraction of sp³-hybridized carbons (Fsp3) is 0.647. The van der Waals surface area contributed by atoms with Crippen molar-refractivity contribution < 1.29 is 9.47 Å². The summed E-state index contributed by atoms with van der Waals surface area (Å²) in [7, 11) is 3.75. The van der Waals surface area contributed by atoms with E-state index in [4.69, 9.17) is 9.47 Å². The Kier molecular flexibility index (Phi) is 9.29. The SMILES string of the molecule is CCCOc1c(Br)cc(CN2CCCC(NC)C2)cc1OC.Cl. The van der Waals surface area contributed by atoms with E-state index >= 15 is 0 Å². The second kappa shape index (κ2) is 10.4. The number of piperidine rings is 1. The molecule has 0 aliphatic carbocycles. The molecule has 1 N–H and O–H groups in total. The molecule has 132 valence electrons. The summed E-state index contributed by atoms with van der Waals surface area (Å²) in [6.45, 7) is 6.01. The summed E-state index contributed by atoms with van der Waals surface area (Å²) < 4.78 is 12.3. The van der Waals surface area contributed by atoms with Crippen molar-refractivity contribution in [3.05, 3.63) is 22.2 Å². The number of halogens is 2. The van der Waals surface area contributed by atoms with Gasteiger partial charge in [0, 0.05) is 19.1 Å². The molecule has 23 heavy (non-hydrogen) atoms. The molecule has 0 aromatic heterocycles. The summed E-state index contributed by atoms with van der Waals surface area (Å²) in [6.07, 6.45) is 3.50. The standard InChI is InChI=1S/C17H27BrN2O2.ClH/c1-4-8-22-17-15(18)9-13(10-16(17)21-3)11-20-7-5-6-14(12-20)19-2;/h9-10,14,19H,4-8,11-12H2,1-3H3;1H. The highest BCUT2D eigenvalue weighted by atomic mass is 79.9. The molecule has 0 saturated carbocycles. The highest BCUT2D eigenvalue weighted by Crippen LogP contribution is 2.37. The Balaban J connectivity index is 0.00000264. The van der Waals surface area contributed by atoms with Gasteiger partial charge in [0.05, 0.1) is 18.2 Å². The number of benzene rings is 1. The Morgan fingerprint density at radius 2 is 2.17 bits per heavy atom. The predicted molar refractivity (Wildman–Crippen MR) is 101 cm³/mol. The zero-order valence-electron chi connectivity index (χ0n) is 14.2. The lowest BCUT2D eigenvalue weighted by Gasteiger charge is -2.32. The number of hydrogen-bond acceptors (Lipinski definition) is 4. The van der Waals surface area contributed by atoms with E-state index < -0.39 is 0 Å². The molecule has 1 saturated heterocycles. The highest BCUT2D eigenvalue weighted by Gasteiger charge is 2.19. The summed E-state index contributed by atoms with van der Waals surface area (Å²) in [5, 5.41) is 3.39. The van der Waals surface area contributed by atoms with Crippen molar-refractivity contribution in [3.63, 3.8) is 0 Å². The average molecular weight is 408 g/mol. The molecule has 1 aliphatic heterocycles. The van der Waals surface area contributed by atoms with Gasteiger partial charge in [-0.05, 0) is 66.5 Å². The summed E-state index contributed by atoms with van der Waals surface area (Å²) in [4.78, 5) is 2.50. The molecule has 0 amide bonds. The predicted octanol–water partition coefficient (Wildman–Crippen LogP) is 3.85. The van der Waals surface area contributed by atoms with Crippen LogP contribution in [0.25, 0.3) is 0 Å². The minimum Gasteiger partial charge on any atom is -0.493 e. The molecule has 0 spiro atoms. The molecule has 1 fully saturated rings. The lowest BCUT2D eigenvalue weighted by atomic mass is 10.0. The number of hydrogen-bond donors (Lipinski definition) is 1. The van der Waals surface area contributed by atoms with Crippen LogP contribution in [0.1, 0.15) is 31.7 Å². The number of nitrogens with one attached hydrogen (secondary N) is 1. The molecule has 1 aromatic carbocycles. The molecule has 4 nitrogen and oxygen atoms in total. The number of likely N-dealkylation sites (N-methyl/N-ethyl adjacent to an activating group) is 1. The minimum atomic E-state index is 0. The van der Waals surface area contributed by atoms with Gasteiger partial charge in [-0.2, -0.15) is 0 Å². The normalized spacial score (nSPS) is 18.3. The largest absolute Gasteiger partial charge is 0.493 e. The van der Waals surface area contributed by atoms with Crippen molar-refractivity contribution in [2.45, 2.75) is 38.8 Å². The summed E-state index contributed by atoms with van der Waals surface area (Å²) >= 11 is 3.62. The second-order valence-electron chi connectivity index (χ2n) is 5.82. The van der Waals surface area contributed by atoms with Gasteiger partial charge < -0.3 is 14.8 Å². The van der Waals surface area contributed by atoms with Gasteiger partial charge in [0.2, 0.25) is 0 Å². The highest BCUT2D eigenvalue weighted by molar-refractivity contribution is 9.10. The molecule has 1 aromatic rings. The topological polar surface area (TPSA) is 33.7 Å². The summed E-state index contributed by atoms with van der Waals surface area (Å²) in [5.74, 6) is 1.61. The molecule has 2 rings (SSSR count). The molecular formula is C17H28BrClN2O2.